The number of hydrogen-bond donors (Lipinski definition) is 3. The molecule has 1 unspecified atom stereocenters. The number of amides is 2. The van der Waals surface area contributed by atoms with Gasteiger partial charge in [0.15, 0.2) is 0 Å². The smallest absolute Gasteiger partial charge is 0.324 e. The number of urea groups is 1. The molecular weight excluding hydrogens is 234 g/mol. The molecule has 6 nitrogen and oxygen atoms in total. The van der Waals surface area contributed by atoms with E-state index in [-0.39, 0.29) is 19.2 Å². The first kappa shape index (κ1) is 12.7. The molecule has 1 aliphatic rings. The van der Waals surface area contributed by atoms with Crippen molar-refractivity contribution in [2.75, 3.05) is 36.9 Å². The second-order valence-corrected chi connectivity index (χ2v) is 4.31. The maximum absolute atomic E-state index is 12.1. The number of nitrogens with zero attached hydrogens (tertiary/aromatic N) is 2. The van der Waals surface area contributed by atoms with E-state index >= 15 is 0 Å². The third-order valence-corrected chi connectivity index (χ3v) is 2.94. The molecule has 1 atom stereocenters. The van der Waals surface area contributed by atoms with Crippen molar-refractivity contribution < 1.29 is 15.0 Å². The monoisotopic (exact) mass is 251 g/mol. The van der Waals surface area contributed by atoms with Crippen molar-refractivity contribution in [3.8, 4) is 0 Å². The Hall–Kier alpha value is -1.79. The van der Waals surface area contributed by atoms with Crippen LogP contribution in [0.3, 0.4) is 0 Å². The summed E-state index contributed by atoms with van der Waals surface area (Å²) in [4.78, 5) is 15.2. The maximum atomic E-state index is 12.1. The number of anilines is 2. The van der Waals surface area contributed by atoms with Crippen LogP contribution < -0.4 is 10.6 Å². The van der Waals surface area contributed by atoms with Gasteiger partial charge in [-0.15, -0.1) is 0 Å². The lowest BCUT2D eigenvalue weighted by Crippen LogP contribution is -2.38. The van der Waals surface area contributed by atoms with Crippen LogP contribution in [0.5, 0.6) is 0 Å². The highest BCUT2D eigenvalue weighted by Crippen LogP contribution is 2.21. The number of nitrogens with two attached hydrogens (primary N) is 1. The van der Waals surface area contributed by atoms with Crippen LogP contribution in [0.15, 0.2) is 24.3 Å². The van der Waals surface area contributed by atoms with Gasteiger partial charge in [-0.1, -0.05) is 0 Å². The van der Waals surface area contributed by atoms with Crippen molar-refractivity contribution in [1.82, 2.24) is 4.90 Å². The molecule has 0 aromatic heterocycles. The number of hydrogen-bond acceptors (Lipinski definition) is 4. The maximum Gasteiger partial charge on any atom is 0.324 e. The van der Waals surface area contributed by atoms with Gasteiger partial charge in [-0.25, -0.2) is 4.79 Å². The van der Waals surface area contributed by atoms with Crippen molar-refractivity contribution in [2.24, 2.45) is 0 Å². The van der Waals surface area contributed by atoms with Crippen LogP contribution in [0.4, 0.5) is 16.2 Å². The number of carbonyl (C=O) groups is 1. The number of aliphatic hydroxyl groups excluding tert-OH is 2. The molecule has 0 bridgehead atoms. The zero-order chi connectivity index (χ0) is 13.1. The first-order valence-corrected chi connectivity index (χ1v) is 5.82. The number of β-amino-alcohol motifs (C(OH)–C–C–N with tert-alkyl or cyclic N) is 1. The molecule has 2 amide bonds. The first-order chi connectivity index (χ1) is 8.61. The molecule has 18 heavy (non-hydrogen) atoms. The molecule has 1 aromatic rings. The lowest BCUT2D eigenvalue weighted by atomic mass is 10.2. The fraction of sp³-hybridized carbons (Fsp3) is 0.417. The number of carbonyl (C=O) groups excluding carboxylic acids is 1. The molecule has 1 fully saturated rings. The number of nitrogen functional groups attached to an aromatic ring is 1. The largest absolute Gasteiger partial charge is 0.399 e. The molecule has 0 spiro atoms. The van der Waals surface area contributed by atoms with Crippen LogP contribution in [0.2, 0.25) is 0 Å². The highest BCUT2D eigenvalue weighted by molar-refractivity contribution is 5.94. The van der Waals surface area contributed by atoms with Gasteiger partial charge in [-0.2, -0.15) is 0 Å². The van der Waals surface area contributed by atoms with Gasteiger partial charge in [0.1, 0.15) is 0 Å². The van der Waals surface area contributed by atoms with Crippen molar-refractivity contribution in [3.05, 3.63) is 24.3 Å². The molecule has 0 radical (unpaired) electrons. The fourth-order valence-corrected chi connectivity index (χ4v) is 1.96. The second kappa shape index (κ2) is 5.24. The van der Waals surface area contributed by atoms with Gasteiger partial charge >= 0.3 is 6.03 Å². The summed E-state index contributed by atoms with van der Waals surface area (Å²) in [6.45, 7) is 0.924. The Morgan fingerprint density at radius 3 is 2.56 bits per heavy atom. The van der Waals surface area contributed by atoms with E-state index in [4.69, 9.17) is 10.8 Å². The van der Waals surface area contributed by atoms with Crippen LogP contribution in [0.25, 0.3) is 0 Å². The topological polar surface area (TPSA) is 90.0 Å². The Labute approximate surface area is 105 Å². The summed E-state index contributed by atoms with van der Waals surface area (Å²) < 4.78 is 0. The van der Waals surface area contributed by atoms with Gasteiger partial charge in [-0.05, 0) is 24.3 Å². The van der Waals surface area contributed by atoms with Gasteiger partial charge in [0.2, 0.25) is 0 Å². The Bertz CT molecular complexity index is 421. The minimum atomic E-state index is -0.889. The first-order valence-electron chi connectivity index (χ1n) is 5.82. The van der Waals surface area contributed by atoms with E-state index in [2.05, 4.69) is 0 Å². The second-order valence-electron chi connectivity index (χ2n) is 4.31. The summed E-state index contributed by atoms with van der Waals surface area (Å²) in [7, 11) is 0. The number of benzene rings is 1. The summed E-state index contributed by atoms with van der Waals surface area (Å²) in [6.07, 6.45) is -0.889. The van der Waals surface area contributed by atoms with Crippen LogP contribution in [0, 0.1) is 0 Å². The predicted molar refractivity (Wildman–Crippen MR) is 68.3 cm³/mol. The Kier molecular flexibility index (Phi) is 3.69. The summed E-state index contributed by atoms with van der Waals surface area (Å²) in [6, 6.07) is 6.91. The molecule has 6 heteroatoms. The lowest BCUT2D eigenvalue weighted by Gasteiger charge is -2.20. The van der Waals surface area contributed by atoms with Gasteiger partial charge in [0, 0.05) is 24.5 Å². The van der Waals surface area contributed by atoms with E-state index in [1.165, 1.54) is 4.90 Å². The SMILES string of the molecule is Nc1ccc(N2CCN(CC(O)CO)C2=O)cc1. The minimum absolute atomic E-state index is 0.154. The van der Waals surface area contributed by atoms with E-state index in [1.807, 2.05) is 0 Å². The Balaban J connectivity index is 2.05. The molecule has 4 N–H and O–H groups in total. The van der Waals surface area contributed by atoms with E-state index in [0.717, 1.165) is 5.69 Å². The van der Waals surface area contributed by atoms with E-state index in [0.29, 0.717) is 18.8 Å². The van der Waals surface area contributed by atoms with Gasteiger partial charge in [0.25, 0.3) is 0 Å². The molecule has 1 heterocycles. The van der Waals surface area contributed by atoms with E-state index in [1.54, 1.807) is 29.2 Å². The van der Waals surface area contributed by atoms with Crippen LogP contribution in [0.1, 0.15) is 0 Å². The van der Waals surface area contributed by atoms with Crippen molar-refractivity contribution >= 4 is 17.4 Å². The third kappa shape index (κ3) is 2.55. The van der Waals surface area contributed by atoms with E-state index in [9.17, 15) is 9.90 Å². The average Bonchev–Trinajstić information content (AvgIpc) is 2.72. The molecule has 1 aliphatic heterocycles. The van der Waals surface area contributed by atoms with Crippen LogP contribution in [-0.2, 0) is 0 Å². The summed E-state index contributed by atoms with van der Waals surface area (Å²) in [5.41, 5.74) is 7.03. The van der Waals surface area contributed by atoms with Gasteiger partial charge < -0.3 is 20.8 Å². The van der Waals surface area contributed by atoms with Gasteiger partial charge in [-0.3, -0.25) is 4.90 Å². The Morgan fingerprint density at radius 1 is 1.28 bits per heavy atom. The molecule has 2 rings (SSSR count). The third-order valence-electron chi connectivity index (χ3n) is 2.94. The van der Waals surface area contributed by atoms with Crippen LogP contribution in [-0.4, -0.2) is 53.5 Å². The number of rotatable bonds is 4. The van der Waals surface area contributed by atoms with Crippen LogP contribution >= 0.6 is 0 Å². The minimum Gasteiger partial charge on any atom is -0.399 e. The fourth-order valence-electron chi connectivity index (χ4n) is 1.96. The highest BCUT2D eigenvalue weighted by atomic mass is 16.3. The Morgan fingerprint density at radius 2 is 1.94 bits per heavy atom. The average molecular weight is 251 g/mol. The normalized spacial score (nSPS) is 17.3. The molecular formula is C12H17N3O3. The lowest BCUT2D eigenvalue weighted by molar-refractivity contribution is 0.0730. The zero-order valence-corrected chi connectivity index (χ0v) is 9.99. The predicted octanol–water partition coefficient (Wildman–Crippen LogP) is -0.136. The molecule has 1 aromatic carbocycles. The summed E-state index contributed by atoms with van der Waals surface area (Å²) in [5, 5.41) is 18.1. The summed E-state index contributed by atoms with van der Waals surface area (Å²) >= 11 is 0. The quantitative estimate of drug-likeness (QED) is 0.650. The van der Waals surface area contributed by atoms with Crippen molar-refractivity contribution in [2.45, 2.75) is 6.10 Å². The highest BCUT2D eigenvalue weighted by Gasteiger charge is 2.30. The molecule has 0 saturated carbocycles. The molecule has 0 aliphatic carbocycles. The standard InChI is InChI=1S/C12H17N3O3/c13-9-1-3-10(4-2-9)15-6-5-14(12(15)18)7-11(17)8-16/h1-4,11,16-17H,5-8,13H2. The molecule has 98 valence electrons. The van der Waals surface area contributed by atoms with Crippen molar-refractivity contribution in [1.29, 1.82) is 0 Å². The van der Waals surface area contributed by atoms with E-state index < -0.39 is 6.10 Å². The molecule has 1 saturated heterocycles. The number of aliphatic hydroxyl groups is 2. The zero-order valence-electron chi connectivity index (χ0n) is 9.99. The van der Waals surface area contributed by atoms with Crippen molar-refractivity contribution in [3.63, 3.8) is 0 Å². The van der Waals surface area contributed by atoms with Gasteiger partial charge in [0.05, 0.1) is 19.3 Å². The summed E-state index contributed by atoms with van der Waals surface area (Å²) in [5.74, 6) is 0.